The lowest BCUT2D eigenvalue weighted by atomic mass is 10.0. The molecule has 1 N–H and O–H groups in total. The molecule has 1 atom stereocenters. The molecule has 0 bridgehead atoms. The molecule has 0 saturated carbocycles. The van der Waals surface area contributed by atoms with Crippen LogP contribution in [-0.4, -0.2) is 49.2 Å². The highest BCUT2D eigenvalue weighted by Crippen LogP contribution is 2.38. The van der Waals surface area contributed by atoms with Crippen LogP contribution in [0.2, 0.25) is 5.02 Å². The molecule has 0 aromatic heterocycles. The summed E-state index contributed by atoms with van der Waals surface area (Å²) in [5.74, 6) is 1.96. The fourth-order valence-electron chi connectivity index (χ4n) is 3.45. The predicted octanol–water partition coefficient (Wildman–Crippen LogP) is 3.32. The van der Waals surface area contributed by atoms with E-state index >= 15 is 0 Å². The minimum absolute atomic E-state index is 0.148. The Balaban J connectivity index is 1.71. The van der Waals surface area contributed by atoms with Crippen molar-refractivity contribution >= 4 is 17.3 Å². The van der Waals surface area contributed by atoms with Crippen molar-refractivity contribution in [1.82, 2.24) is 9.80 Å². The van der Waals surface area contributed by atoms with E-state index in [9.17, 15) is 0 Å². The van der Waals surface area contributed by atoms with Gasteiger partial charge in [0.25, 0.3) is 0 Å². The zero-order valence-corrected chi connectivity index (χ0v) is 14.1. The van der Waals surface area contributed by atoms with E-state index in [0.29, 0.717) is 0 Å². The second-order valence-corrected chi connectivity index (χ2v) is 6.88. The predicted molar refractivity (Wildman–Crippen MR) is 94.0 cm³/mol. The highest BCUT2D eigenvalue weighted by molar-refractivity contribution is 6.30. The topological polar surface area (TPSA) is 27.7 Å². The lowest BCUT2D eigenvalue weighted by Crippen LogP contribution is -2.52. The van der Waals surface area contributed by atoms with Crippen LogP contribution < -0.4 is 10.1 Å². The van der Waals surface area contributed by atoms with Gasteiger partial charge in [-0.1, -0.05) is 23.8 Å². The van der Waals surface area contributed by atoms with E-state index in [4.69, 9.17) is 16.3 Å². The van der Waals surface area contributed by atoms with Crippen molar-refractivity contribution in [3.63, 3.8) is 0 Å². The first-order chi connectivity index (χ1) is 11.2. The summed E-state index contributed by atoms with van der Waals surface area (Å²) in [5, 5.41) is 4.40. The third kappa shape index (κ3) is 2.99. The van der Waals surface area contributed by atoms with Gasteiger partial charge in [-0.2, -0.15) is 0 Å². The highest BCUT2D eigenvalue weighted by atomic mass is 35.5. The van der Waals surface area contributed by atoms with Crippen LogP contribution >= 0.6 is 11.6 Å². The smallest absolute Gasteiger partial charge is 0.150 e. The Labute approximate surface area is 142 Å². The Kier molecular flexibility index (Phi) is 4.05. The van der Waals surface area contributed by atoms with Crippen molar-refractivity contribution in [3.05, 3.63) is 46.7 Å². The molecular formula is C18H22ClN3O. The van der Waals surface area contributed by atoms with Crippen LogP contribution in [0.1, 0.15) is 12.8 Å². The summed E-state index contributed by atoms with van der Waals surface area (Å²) >= 11 is 6.19. The molecule has 1 fully saturated rings. The monoisotopic (exact) mass is 331 g/mol. The molecule has 2 heterocycles. The normalized spacial score (nSPS) is 25.2. The molecule has 2 aliphatic heterocycles. The largest absolute Gasteiger partial charge is 0.459 e. The van der Waals surface area contributed by atoms with Gasteiger partial charge in [-0.3, -0.25) is 4.90 Å². The molecule has 1 aromatic carbocycles. The lowest BCUT2D eigenvalue weighted by molar-refractivity contribution is 0.135. The first-order valence-corrected chi connectivity index (χ1v) is 8.64. The van der Waals surface area contributed by atoms with Gasteiger partial charge in [0, 0.05) is 43.2 Å². The van der Waals surface area contributed by atoms with Gasteiger partial charge in [-0.05, 0) is 31.7 Å². The molecule has 0 spiro atoms. The van der Waals surface area contributed by atoms with Crippen LogP contribution in [0, 0.1) is 0 Å². The minimum atomic E-state index is 0.148. The van der Waals surface area contributed by atoms with E-state index in [1.54, 1.807) is 0 Å². The van der Waals surface area contributed by atoms with Crippen LogP contribution in [0.25, 0.3) is 0 Å². The molecule has 1 saturated heterocycles. The molecule has 23 heavy (non-hydrogen) atoms. The van der Waals surface area contributed by atoms with Gasteiger partial charge in [0.1, 0.15) is 17.7 Å². The average molecular weight is 332 g/mol. The molecule has 1 aromatic rings. The lowest BCUT2D eigenvalue weighted by Gasteiger charge is -2.39. The number of allylic oxidation sites excluding steroid dienone is 2. The van der Waals surface area contributed by atoms with E-state index < -0.39 is 0 Å². The van der Waals surface area contributed by atoms with E-state index in [1.165, 1.54) is 5.57 Å². The fraction of sp³-hybridized carbons (Fsp3) is 0.444. The van der Waals surface area contributed by atoms with Gasteiger partial charge in [0.2, 0.25) is 0 Å². The maximum absolute atomic E-state index is 6.23. The summed E-state index contributed by atoms with van der Waals surface area (Å²) in [4.78, 5) is 4.88. The van der Waals surface area contributed by atoms with E-state index in [1.807, 2.05) is 18.2 Å². The SMILES string of the molecule is CN1CCN(C2Nc3cc(Cl)ccc3OC3=C2C=CCC3)CC1. The summed E-state index contributed by atoms with van der Waals surface area (Å²) in [5.41, 5.74) is 2.23. The zero-order chi connectivity index (χ0) is 15.8. The summed E-state index contributed by atoms with van der Waals surface area (Å²) in [6.45, 7) is 4.28. The second-order valence-electron chi connectivity index (χ2n) is 6.45. The number of rotatable bonds is 1. The van der Waals surface area contributed by atoms with Gasteiger partial charge in [-0.15, -0.1) is 0 Å². The summed E-state index contributed by atoms with van der Waals surface area (Å²) in [6.07, 6.45) is 6.62. The van der Waals surface area contributed by atoms with E-state index in [0.717, 1.165) is 61.2 Å². The number of likely N-dealkylation sites (N-methyl/N-ethyl adjacent to an activating group) is 1. The van der Waals surface area contributed by atoms with Gasteiger partial charge in [0.15, 0.2) is 0 Å². The summed E-state index contributed by atoms with van der Waals surface area (Å²) in [6, 6.07) is 5.80. The standard InChI is InChI=1S/C18H22ClN3O/c1-21-8-10-22(11-9-21)18-14-4-2-3-5-16(14)23-17-7-6-13(19)12-15(17)20-18/h2,4,6-7,12,18,20H,3,5,8-11H2,1H3. The number of hydrogen-bond donors (Lipinski definition) is 1. The third-order valence-corrected chi connectivity index (χ3v) is 5.06. The Hall–Kier alpha value is -1.49. The van der Waals surface area contributed by atoms with Crippen LogP contribution in [-0.2, 0) is 0 Å². The number of nitrogens with one attached hydrogen (secondary N) is 1. The maximum Gasteiger partial charge on any atom is 0.150 e. The van der Waals surface area contributed by atoms with Gasteiger partial charge >= 0.3 is 0 Å². The highest BCUT2D eigenvalue weighted by Gasteiger charge is 2.31. The maximum atomic E-state index is 6.23. The first kappa shape index (κ1) is 15.1. The van der Waals surface area contributed by atoms with Gasteiger partial charge < -0.3 is 15.0 Å². The van der Waals surface area contributed by atoms with Crippen molar-refractivity contribution in [1.29, 1.82) is 0 Å². The molecule has 1 aliphatic carbocycles. The number of fused-ring (bicyclic) bond motifs is 1. The average Bonchev–Trinajstić information content (AvgIpc) is 2.72. The van der Waals surface area contributed by atoms with Crippen LogP contribution in [0.15, 0.2) is 41.7 Å². The molecule has 122 valence electrons. The van der Waals surface area contributed by atoms with Crippen molar-refractivity contribution in [3.8, 4) is 5.75 Å². The number of anilines is 1. The molecular weight excluding hydrogens is 310 g/mol. The molecule has 0 amide bonds. The molecule has 0 radical (unpaired) electrons. The molecule has 4 rings (SSSR count). The van der Waals surface area contributed by atoms with E-state index in [2.05, 4.69) is 34.3 Å². The van der Waals surface area contributed by atoms with Crippen molar-refractivity contribution in [2.45, 2.75) is 19.0 Å². The minimum Gasteiger partial charge on any atom is -0.459 e. The number of halogens is 1. The van der Waals surface area contributed by atoms with Crippen LogP contribution in [0.4, 0.5) is 5.69 Å². The summed E-state index contributed by atoms with van der Waals surface area (Å²) in [7, 11) is 2.18. The summed E-state index contributed by atoms with van der Waals surface area (Å²) < 4.78 is 6.23. The van der Waals surface area contributed by atoms with Crippen molar-refractivity contribution < 1.29 is 4.74 Å². The Morgan fingerprint density at radius 2 is 2.04 bits per heavy atom. The molecule has 3 aliphatic rings. The quantitative estimate of drug-likeness (QED) is 0.854. The molecule has 1 unspecified atom stereocenters. The number of ether oxygens (including phenoxy) is 1. The number of hydrogen-bond acceptors (Lipinski definition) is 4. The van der Waals surface area contributed by atoms with Crippen molar-refractivity contribution in [2.24, 2.45) is 0 Å². The molecule has 4 nitrogen and oxygen atoms in total. The Morgan fingerprint density at radius 1 is 1.22 bits per heavy atom. The van der Waals surface area contributed by atoms with Gasteiger partial charge in [-0.25, -0.2) is 0 Å². The van der Waals surface area contributed by atoms with E-state index in [-0.39, 0.29) is 6.17 Å². The third-order valence-electron chi connectivity index (χ3n) is 4.82. The zero-order valence-electron chi connectivity index (χ0n) is 13.4. The molecule has 5 heteroatoms. The van der Waals surface area contributed by atoms with Crippen LogP contribution in [0.5, 0.6) is 5.75 Å². The second kappa shape index (κ2) is 6.19. The number of benzene rings is 1. The number of piperazine rings is 1. The Morgan fingerprint density at radius 3 is 2.87 bits per heavy atom. The first-order valence-electron chi connectivity index (χ1n) is 8.27. The van der Waals surface area contributed by atoms with Gasteiger partial charge in [0.05, 0.1) is 5.69 Å². The van der Waals surface area contributed by atoms with Crippen LogP contribution in [0.3, 0.4) is 0 Å². The fourth-order valence-corrected chi connectivity index (χ4v) is 3.62. The number of nitrogens with zero attached hydrogens (tertiary/aromatic N) is 2. The van der Waals surface area contributed by atoms with Crippen molar-refractivity contribution in [2.75, 3.05) is 38.5 Å². The Bertz CT molecular complexity index is 662.